The Bertz CT molecular complexity index is 901. The molecule has 26 heavy (non-hydrogen) atoms. The molecule has 6 heteroatoms. The smallest absolute Gasteiger partial charge is 0.263 e. The van der Waals surface area contributed by atoms with Gasteiger partial charge in [-0.05, 0) is 62.4 Å². The van der Waals surface area contributed by atoms with E-state index in [2.05, 4.69) is 24.1 Å². The normalized spacial score (nSPS) is 12.0. The highest BCUT2D eigenvalue weighted by Gasteiger charge is 2.18. The molecule has 0 bridgehead atoms. The van der Waals surface area contributed by atoms with Gasteiger partial charge in [-0.3, -0.25) is 4.79 Å². The first-order valence-corrected chi connectivity index (χ1v) is 10.1. The van der Waals surface area contributed by atoms with Gasteiger partial charge in [-0.2, -0.15) is 0 Å². The number of amides is 1. The van der Waals surface area contributed by atoms with Crippen LogP contribution in [-0.2, 0) is 6.61 Å². The summed E-state index contributed by atoms with van der Waals surface area (Å²) in [6.07, 6.45) is 0. The molecule has 3 aromatic rings. The third kappa shape index (κ3) is 4.31. The Kier molecular flexibility index (Phi) is 5.74. The van der Waals surface area contributed by atoms with Crippen LogP contribution in [0.1, 0.15) is 49.3 Å². The monoisotopic (exact) mass is 386 g/mol. The van der Waals surface area contributed by atoms with Crippen molar-refractivity contribution in [3.05, 3.63) is 67.3 Å². The molecule has 0 saturated heterocycles. The first-order valence-electron chi connectivity index (χ1n) is 8.44. The second kappa shape index (κ2) is 8.01. The van der Waals surface area contributed by atoms with Crippen molar-refractivity contribution in [3.8, 4) is 5.75 Å². The number of benzene rings is 1. The largest absolute Gasteiger partial charge is 0.486 e. The summed E-state index contributed by atoms with van der Waals surface area (Å²) < 4.78 is 5.83. The van der Waals surface area contributed by atoms with Crippen LogP contribution in [0, 0.1) is 20.8 Å². The van der Waals surface area contributed by atoms with Gasteiger partial charge < -0.3 is 10.1 Å². The maximum absolute atomic E-state index is 12.6. The highest BCUT2D eigenvalue weighted by Crippen LogP contribution is 2.24. The third-order valence-electron chi connectivity index (χ3n) is 4.21. The van der Waals surface area contributed by atoms with E-state index in [1.54, 1.807) is 11.3 Å². The molecule has 0 radical (unpaired) electrons. The lowest BCUT2D eigenvalue weighted by molar-refractivity contribution is 0.0944. The van der Waals surface area contributed by atoms with Gasteiger partial charge in [-0.15, -0.1) is 22.7 Å². The standard InChI is InChI=1S/C20H22N2O2S2/c1-12-7-8-16(10-13(12)2)24-11-18-21-15(4)19(26-18)20(23)22-14(3)17-6-5-9-25-17/h5-10,14H,11H2,1-4H3,(H,22,23)/t14-/m0/s1. The van der Waals surface area contributed by atoms with Gasteiger partial charge in [-0.25, -0.2) is 4.98 Å². The number of nitrogens with one attached hydrogen (secondary N) is 1. The molecule has 0 aliphatic carbocycles. The van der Waals surface area contributed by atoms with Crippen LogP contribution in [0.15, 0.2) is 35.7 Å². The Labute approximate surface area is 161 Å². The topological polar surface area (TPSA) is 51.2 Å². The Hall–Kier alpha value is -2.18. The molecule has 0 saturated carbocycles. The number of nitrogens with zero attached hydrogens (tertiary/aromatic N) is 1. The Morgan fingerprint density at radius 3 is 2.73 bits per heavy atom. The van der Waals surface area contributed by atoms with E-state index in [0.717, 1.165) is 21.3 Å². The van der Waals surface area contributed by atoms with Crippen LogP contribution in [0.25, 0.3) is 0 Å². The van der Waals surface area contributed by atoms with E-state index in [9.17, 15) is 4.79 Å². The van der Waals surface area contributed by atoms with Crippen LogP contribution in [0.3, 0.4) is 0 Å². The van der Waals surface area contributed by atoms with Gasteiger partial charge in [-0.1, -0.05) is 12.1 Å². The second-order valence-corrected chi connectivity index (χ2v) is 8.33. The van der Waals surface area contributed by atoms with Gasteiger partial charge in [0.15, 0.2) is 0 Å². The third-order valence-corrected chi connectivity index (χ3v) is 6.39. The molecule has 1 atom stereocenters. The van der Waals surface area contributed by atoms with Crippen LogP contribution in [-0.4, -0.2) is 10.9 Å². The number of carbonyl (C=O) groups is 1. The molecule has 136 valence electrons. The fourth-order valence-corrected chi connectivity index (χ4v) is 4.16. The van der Waals surface area contributed by atoms with Gasteiger partial charge in [0.05, 0.1) is 11.7 Å². The maximum Gasteiger partial charge on any atom is 0.263 e. The van der Waals surface area contributed by atoms with Gasteiger partial charge in [0, 0.05) is 4.88 Å². The van der Waals surface area contributed by atoms with E-state index < -0.39 is 0 Å². The van der Waals surface area contributed by atoms with E-state index in [1.165, 1.54) is 22.5 Å². The SMILES string of the molecule is Cc1ccc(OCc2nc(C)c(C(=O)N[C@@H](C)c3cccs3)s2)cc1C. The molecule has 0 aliphatic heterocycles. The fourth-order valence-electron chi connectivity index (χ4n) is 2.54. The summed E-state index contributed by atoms with van der Waals surface area (Å²) in [5, 5.41) is 5.85. The van der Waals surface area contributed by atoms with E-state index in [0.29, 0.717) is 11.5 Å². The number of thiazole rings is 1. The minimum atomic E-state index is -0.0849. The van der Waals surface area contributed by atoms with Crippen molar-refractivity contribution < 1.29 is 9.53 Å². The van der Waals surface area contributed by atoms with E-state index in [1.807, 2.05) is 49.6 Å². The lowest BCUT2D eigenvalue weighted by Gasteiger charge is -2.11. The van der Waals surface area contributed by atoms with Crippen LogP contribution < -0.4 is 10.1 Å². The molecule has 2 aromatic heterocycles. The summed E-state index contributed by atoms with van der Waals surface area (Å²) >= 11 is 3.03. The minimum absolute atomic E-state index is 0.0146. The maximum atomic E-state index is 12.6. The molecule has 1 N–H and O–H groups in total. The fraction of sp³-hybridized carbons (Fsp3) is 0.300. The summed E-state index contributed by atoms with van der Waals surface area (Å²) in [5.41, 5.74) is 3.17. The molecule has 0 unspecified atom stereocenters. The summed E-state index contributed by atoms with van der Waals surface area (Å²) in [6, 6.07) is 10.0. The van der Waals surface area contributed by atoms with Gasteiger partial charge in [0.2, 0.25) is 0 Å². The molecule has 0 aliphatic rings. The van der Waals surface area contributed by atoms with Crippen molar-refractivity contribution in [2.75, 3.05) is 0 Å². The molecule has 3 rings (SSSR count). The summed E-state index contributed by atoms with van der Waals surface area (Å²) in [6.45, 7) is 8.35. The highest BCUT2D eigenvalue weighted by molar-refractivity contribution is 7.13. The lowest BCUT2D eigenvalue weighted by Crippen LogP contribution is -2.25. The molecular formula is C20H22N2O2S2. The van der Waals surface area contributed by atoms with E-state index in [4.69, 9.17) is 4.74 Å². The number of ether oxygens (including phenoxy) is 1. The van der Waals surface area contributed by atoms with Crippen LogP contribution >= 0.6 is 22.7 Å². The Balaban J connectivity index is 1.64. The van der Waals surface area contributed by atoms with Gasteiger partial charge in [0.1, 0.15) is 22.2 Å². The molecule has 0 spiro atoms. The zero-order chi connectivity index (χ0) is 18.7. The molecular weight excluding hydrogens is 364 g/mol. The lowest BCUT2D eigenvalue weighted by atomic mass is 10.1. The molecule has 1 amide bonds. The number of hydrogen-bond donors (Lipinski definition) is 1. The quantitative estimate of drug-likeness (QED) is 0.633. The zero-order valence-electron chi connectivity index (χ0n) is 15.3. The number of thiophene rings is 1. The average molecular weight is 387 g/mol. The number of aromatic nitrogens is 1. The van der Waals surface area contributed by atoms with Crippen molar-refractivity contribution in [1.29, 1.82) is 0 Å². The zero-order valence-corrected chi connectivity index (χ0v) is 17.0. The number of hydrogen-bond acceptors (Lipinski definition) is 5. The summed E-state index contributed by atoms with van der Waals surface area (Å²) in [7, 11) is 0. The first kappa shape index (κ1) is 18.6. The Morgan fingerprint density at radius 1 is 1.23 bits per heavy atom. The van der Waals surface area contributed by atoms with E-state index in [-0.39, 0.29) is 11.9 Å². The van der Waals surface area contributed by atoms with Gasteiger partial charge >= 0.3 is 0 Å². The second-order valence-electron chi connectivity index (χ2n) is 6.27. The van der Waals surface area contributed by atoms with Gasteiger partial charge in [0.25, 0.3) is 5.91 Å². The molecule has 0 fully saturated rings. The molecule has 1 aromatic carbocycles. The minimum Gasteiger partial charge on any atom is -0.486 e. The summed E-state index contributed by atoms with van der Waals surface area (Å²) in [4.78, 5) is 18.8. The predicted molar refractivity (Wildman–Crippen MR) is 107 cm³/mol. The van der Waals surface area contributed by atoms with Crippen molar-refractivity contribution in [3.63, 3.8) is 0 Å². The van der Waals surface area contributed by atoms with Crippen molar-refractivity contribution in [2.45, 2.75) is 40.3 Å². The van der Waals surface area contributed by atoms with Crippen LogP contribution in [0.4, 0.5) is 0 Å². The van der Waals surface area contributed by atoms with Crippen LogP contribution in [0.2, 0.25) is 0 Å². The Morgan fingerprint density at radius 2 is 2.04 bits per heavy atom. The number of aryl methyl sites for hydroxylation is 3. The number of rotatable bonds is 6. The van der Waals surface area contributed by atoms with E-state index >= 15 is 0 Å². The number of carbonyl (C=O) groups excluding carboxylic acids is 1. The van der Waals surface area contributed by atoms with Crippen molar-refractivity contribution >= 4 is 28.6 Å². The van der Waals surface area contributed by atoms with Crippen molar-refractivity contribution in [1.82, 2.24) is 10.3 Å². The molecule has 4 nitrogen and oxygen atoms in total. The predicted octanol–water partition coefficient (Wildman–Crippen LogP) is 5.20. The first-order chi connectivity index (χ1) is 12.4. The molecule has 2 heterocycles. The summed E-state index contributed by atoms with van der Waals surface area (Å²) in [5.74, 6) is 0.733. The van der Waals surface area contributed by atoms with Crippen molar-refractivity contribution in [2.24, 2.45) is 0 Å². The highest BCUT2D eigenvalue weighted by atomic mass is 32.1. The van der Waals surface area contributed by atoms with Crippen LogP contribution in [0.5, 0.6) is 5.75 Å². The average Bonchev–Trinajstić information content (AvgIpc) is 3.25.